The summed E-state index contributed by atoms with van der Waals surface area (Å²) in [6.07, 6.45) is 3.09. The summed E-state index contributed by atoms with van der Waals surface area (Å²) in [5.41, 5.74) is 1.39. The van der Waals surface area contributed by atoms with E-state index >= 15 is 0 Å². The average molecular weight is 266 g/mol. The zero-order chi connectivity index (χ0) is 10.8. The van der Waals surface area contributed by atoms with Crippen molar-refractivity contribution in [1.29, 1.82) is 0 Å². The Morgan fingerprint density at radius 2 is 2.27 bits per heavy atom. The lowest BCUT2D eigenvalue weighted by Gasteiger charge is -1.99. The summed E-state index contributed by atoms with van der Waals surface area (Å²) in [6, 6.07) is 5.10. The summed E-state index contributed by atoms with van der Waals surface area (Å²) in [5.74, 6) is 0.179. The fourth-order valence-corrected chi connectivity index (χ4v) is 1.66. The second-order valence-corrected chi connectivity index (χ2v) is 3.97. The molecule has 0 bridgehead atoms. The molecule has 0 atom stereocenters. The number of carbonyl (C=O) groups excluding carboxylic acids is 1. The molecule has 0 aliphatic carbocycles. The quantitative estimate of drug-likeness (QED) is 0.785. The smallest absolute Gasteiger partial charge is 0.229 e. The van der Waals surface area contributed by atoms with E-state index in [0.29, 0.717) is 15.8 Å². The van der Waals surface area contributed by atoms with Gasteiger partial charge in [-0.3, -0.25) is 9.78 Å². The second-order valence-electron chi connectivity index (χ2n) is 3.11. The fraction of sp³-hybridized carbons (Fsp3) is 0.0909. The molecule has 0 saturated heterocycles. The number of rotatable bonds is 2. The van der Waals surface area contributed by atoms with E-state index in [9.17, 15) is 4.79 Å². The average Bonchev–Trinajstić information content (AvgIpc) is 2.63. The van der Waals surface area contributed by atoms with Crippen molar-refractivity contribution in [2.75, 3.05) is 0 Å². The highest BCUT2D eigenvalue weighted by Crippen LogP contribution is 2.20. The van der Waals surface area contributed by atoms with Gasteiger partial charge in [0.15, 0.2) is 5.76 Å². The zero-order valence-corrected chi connectivity index (χ0v) is 9.61. The largest absolute Gasteiger partial charge is 0.460 e. The highest BCUT2D eigenvalue weighted by Gasteiger charge is 2.15. The molecule has 0 saturated carbocycles. The van der Waals surface area contributed by atoms with Crippen LogP contribution in [0.4, 0.5) is 0 Å². The van der Waals surface area contributed by atoms with E-state index in [-0.39, 0.29) is 5.78 Å². The highest BCUT2D eigenvalue weighted by molar-refractivity contribution is 9.10. The molecule has 0 aliphatic heterocycles. The number of aryl methyl sites for hydroxylation is 1. The Morgan fingerprint density at radius 3 is 2.87 bits per heavy atom. The summed E-state index contributed by atoms with van der Waals surface area (Å²) in [6.45, 7) is 1.84. The summed E-state index contributed by atoms with van der Waals surface area (Å²) < 4.78 is 5.77. The van der Waals surface area contributed by atoms with Crippen LogP contribution in [-0.2, 0) is 0 Å². The van der Waals surface area contributed by atoms with Gasteiger partial charge in [-0.15, -0.1) is 0 Å². The maximum absolute atomic E-state index is 11.9. The van der Waals surface area contributed by atoms with Crippen molar-refractivity contribution in [3.05, 3.63) is 52.1 Å². The van der Waals surface area contributed by atoms with Gasteiger partial charge in [0.1, 0.15) is 0 Å². The third-order valence-electron chi connectivity index (χ3n) is 1.98. The predicted octanol–water partition coefficient (Wildman–Crippen LogP) is 2.98. The number of furan rings is 1. The van der Waals surface area contributed by atoms with Crippen molar-refractivity contribution >= 4 is 21.7 Å². The Labute approximate surface area is 95.3 Å². The normalized spacial score (nSPS) is 10.3. The number of nitrogens with zero attached hydrogens (tertiary/aromatic N) is 1. The summed E-state index contributed by atoms with van der Waals surface area (Å²) in [4.78, 5) is 16.0. The van der Waals surface area contributed by atoms with Crippen LogP contribution in [-0.4, -0.2) is 10.8 Å². The molecule has 0 radical (unpaired) electrons. The molecule has 2 rings (SSSR count). The molecule has 0 spiro atoms. The Hall–Kier alpha value is -1.42. The summed E-state index contributed by atoms with van der Waals surface area (Å²) in [7, 11) is 0. The van der Waals surface area contributed by atoms with E-state index in [1.54, 1.807) is 24.4 Å². The van der Waals surface area contributed by atoms with E-state index < -0.39 is 0 Å². The second kappa shape index (κ2) is 3.98. The SMILES string of the molecule is Cc1cc(C(=O)c2occc2Br)ccn1. The van der Waals surface area contributed by atoms with Crippen molar-refractivity contribution in [3.63, 3.8) is 0 Å². The summed E-state index contributed by atoms with van der Waals surface area (Å²) >= 11 is 3.25. The molecule has 0 aliphatic rings. The Bertz CT molecular complexity index is 505. The molecule has 0 aromatic carbocycles. The van der Waals surface area contributed by atoms with Crippen LogP contribution in [0.15, 0.2) is 39.5 Å². The van der Waals surface area contributed by atoms with Crippen LogP contribution >= 0.6 is 15.9 Å². The highest BCUT2D eigenvalue weighted by atomic mass is 79.9. The maximum Gasteiger partial charge on any atom is 0.229 e. The van der Waals surface area contributed by atoms with Gasteiger partial charge in [0, 0.05) is 17.5 Å². The van der Waals surface area contributed by atoms with Crippen molar-refractivity contribution in [2.45, 2.75) is 6.92 Å². The van der Waals surface area contributed by atoms with Crippen LogP contribution in [0, 0.1) is 6.92 Å². The first-order chi connectivity index (χ1) is 7.18. The lowest BCUT2D eigenvalue weighted by atomic mass is 10.1. The maximum atomic E-state index is 11.9. The molecule has 0 fully saturated rings. The van der Waals surface area contributed by atoms with Crippen molar-refractivity contribution in [2.24, 2.45) is 0 Å². The Balaban J connectivity index is 2.41. The monoisotopic (exact) mass is 265 g/mol. The lowest BCUT2D eigenvalue weighted by molar-refractivity contribution is 0.101. The molecule has 3 nitrogen and oxygen atoms in total. The standard InChI is InChI=1S/C11H8BrNO2/c1-7-6-8(2-4-13-7)10(14)11-9(12)3-5-15-11/h2-6H,1H3. The van der Waals surface area contributed by atoms with Gasteiger partial charge in [0.2, 0.25) is 5.78 Å². The van der Waals surface area contributed by atoms with Crippen LogP contribution in [0.3, 0.4) is 0 Å². The number of hydrogen-bond donors (Lipinski definition) is 0. The minimum Gasteiger partial charge on any atom is -0.460 e. The van der Waals surface area contributed by atoms with E-state index in [2.05, 4.69) is 20.9 Å². The van der Waals surface area contributed by atoms with E-state index in [1.807, 2.05) is 6.92 Å². The molecule has 0 unspecified atom stereocenters. The van der Waals surface area contributed by atoms with Gasteiger partial charge in [0.05, 0.1) is 10.7 Å². The first-order valence-corrected chi connectivity index (χ1v) is 5.18. The molecule has 2 aromatic heterocycles. The van der Waals surface area contributed by atoms with Gasteiger partial charge in [-0.2, -0.15) is 0 Å². The van der Waals surface area contributed by atoms with Crippen LogP contribution in [0.1, 0.15) is 21.8 Å². The third kappa shape index (κ3) is 1.99. The number of ketones is 1. The van der Waals surface area contributed by atoms with Crippen LogP contribution in [0.2, 0.25) is 0 Å². The first kappa shape index (κ1) is 10.1. The molecule has 76 valence electrons. The van der Waals surface area contributed by atoms with Gasteiger partial charge >= 0.3 is 0 Å². The van der Waals surface area contributed by atoms with Gasteiger partial charge in [0.25, 0.3) is 0 Å². The molecule has 2 aromatic rings. The number of carbonyl (C=O) groups is 1. The predicted molar refractivity (Wildman–Crippen MR) is 58.8 cm³/mol. The van der Waals surface area contributed by atoms with Crippen molar-refractivity contribution < 1.29 is 9.21 Å². The lowest BCUT2D eigenvalue weighted by Crippen LogP contribution is -2.01. The van der Waals surface area contributed by atoms with E-state index in [4.69, 9.17) is 4.42 Å². The molecule has 2 heterocycles. The van der Waals surface area contributed by atoms with Crippen LogP contribution in [0.25, 0.3) is 0 Å². The molecule has 15 heavy (non-hydrogen) atoms. The molecular formula is C11H8BrNO2. The van der Waals surface area contributed by atoms with Gasteiger partial charge in [-0.25, -0.2) is 0 Å². The van der Waals surface area contributed by atoms with Gasteiger partial charge in [-0.1, -0.05) is 0 Å². The number of pyridine rings is 1. The number of hydrogen-bond acceptors (Lipinski definition) is 3. The van der Waals surface area contributed by atoms with Crippen molar-refractivity contribution in [1.82, 2.24) is 4.98 Å². The van der Waals surface area contributed by atoms with Crippen LogP contribution < -0.4 is 0 Å². The third-order valence-corrected chi connectivity index (χ3v) is 2.61. The Morgan fingerprint density at radius 1 is 1.47 bits per heavy atom. The number of halogens is 1. The van der Waals surface area contributed by atoms with E-state index in [1.165, 1.54) is 6.26 Å². The van der Waals surface area contributed by atoms with Crippen LogP contribution in [0.5, 0.6) is 0 Å². The van der Waals surface area contributed by atoms with E-state index in [0.717, 1.165) is 5.69 Å². The molecule has 0 N–H and O–H groups in total. The minimum atomic E-state index is -0.141. The van der Waals surface area contributed by atoms with Crippen molar-refractivity contribution in [3.8, 4) is 0 Å². The molecule has 0 amide bonds. The minimum absolute atomic E-state index is 0.141. The molecule has 4 heteroatoms. The first-order valence-electron chi connectivity index (χ1n) is 4.39. The fourth-order valence-electron chi connectivity index (χ4n) is 1.27. The van der Waals surface area contributed by atoms with Gasteiger partial charge in [-0.05, 0) is 41.1 Å². The number of aromatic nitrogens is 1. The topological polar surface area (TPSA) is 43.1 Å². The molecular weight excluding hydrogens is 258 g/mol. The summed E-state index contributed by atoms with van der Waals surface area (Å²) in [5, 5.41) is 0. The Kier molecular flexibility index (Phi) is 2.68. The van der Waals surface area contributed by atoms with Gasteiger partial charge < -0.3 is 4.42 Å². The zero-order valence-electron chi connectivity index (χ0n) is 8.03.